The van der Waals surface area contributed by atoms with Crippen LogP contribution in [-0.4, -0.2) is 30.1 Å². The highest BCUT2D eigenvalue weighted by molar-refractivity contribution is 9.10. The molecule has 1 aliphatic rings. The van der Waals surface area contributed by atoms with Gasteiger partial charge in [-0.3, -0.25) is 4.79 Å². The lowest BCUT2D eigenvalue weighted by Gasteiger charge is -2.23. The van der Waals surface area contributed by atoms with Crippen LogP contribution >= 0.6 is 15.9 Å². The van der Waals surface area contributed by atoms with Crippen LogP contribution in [0.15, 0.2) is 22.7 Å². The Morgan fingerprint density at radius 1 is 1.42 bits per heavy atom. The molecule has 2 rings (SSSR count). The van der Waals surface area contributed by atoms with Crippen LogP contribution in [0.25, 0.3) is 0 Å². The molecule has 6 heteroatoms. The van der Waals surface area contributed by atoms with Gasteiger partial charge >= 0.3 is 12.1 Å². The third kappa shape index (κ3) is 3.11. The third-order valence-electron chi connectivity index (χ3n) is 3.31. The Hall–Kier alpha value is -1.04. The summed E-state index contributed by atoms with van der Waals surface area (Å²) in [6.07, 6.45) is -4.34. The van der Waals surface area contributed by atoms with Crippen LogP contribution in [0.1, 0.15) is 24.0 Å². The average Bonchev–Trinajstić information content (AvgIpc) is 2.47. The standard InChI is InChI=1S/C13H13BrF3NO/c1-8-7-18(12(19)13(15,16)17)5-4-9-2-3-10(14)6-11(8)9/h2-3,6,8H,4-5,7H2,1H3. The number of halogens is 4. The van der Waals surface area contributed by atoms with Crippen molar-refractivity contribution >= 4 is 21.8 Å². The summed E-state index contributed by atoms with van der Waals surface area (Å²) in [6, 6.07) is 5.69. The van der Waals surface area contributed by atoms with Gasteiger partial charge in [0.15, 0.2) is 0 Å². The van der Waals surface area contributed by atoms with Gasteiger partial charge in [0.05, 0.1) is 0 Å². The molecular formula is C13H13BrF3NO. The van der Waals surface area contributed by atoms with E-state index in [1.807, 2.05) is 25.1 Å². The Morgan fingerprint density at radius 2 is 2.11 bits per heavy atom. The minimum atomic E-state index is -4.79. The first-order valence-electron chi connectivity index (χ1n) is 5.93. The Morgan fingerprint density at radius 3 is 2.74 bits per heavy atom. The molecule has 19 heavy (non-hydrogen) atoms. The second-order valence-corrected chi connectivity index (χ2v) is 5.66. The van der Waals surface area contributed by atoms with Crippen LogP contribution in [0.4, 0.5) is 13.2 Å². The van der Waals surface area contributed by atoms with Crippen molar-refractivity contribution in [1.29, 1.82) is 0 Å². The van der Waals surface area contributed by atoms with Crippen molar-refractivity contribution < 1.29 is 18.0 Å². The maximum atomic E-state index is 12.5. The monoisotopic (exact) mass is 335 g/mol. The summed E-state index contributed by atoms with van der Waals surface area (Å²) in [5, 5.41) is 0. The topological polar surface area (TPSA) is 20.3 Å². The Labute approximate surface area is 117 Å². The van der Waals surface area contributed by atoms with Gasteiger partial charge in [-0.25, -0.2) is 0 Å². The molecular weight excluding hydrogens is 323 g/mol. The Bertz CT molecular complexity index is 501. The molecule has 1 aliphatic heterocycles. The highest BCUT2D eigenvalue weighted by atomic mass is 79.9. The molecule has 0 N–H and O–H groups in total. The highest BCUT2D eigenvalue weighted by Crippen LogP contribution is 2.30. The number of alkyl halides is 3. The van der Waals surface area contributed by atoms with E-state index in [0.29, 0.717) is 6.42 Å². The fraction of sp³-hybridized carbons (Fsp3) is 0.462. The third-order valence-corrected chi connectivity index (χ3v) is 3.81. The van der Waals surface area contributed by atoms with Gasteiger partial charge in [0.1, 0.15) is 0 Å². The lowest BCUT2D eigenvalue weighted by atomic mass is 9.95. The summed E-state index contributed by atoms with van der Waals surface area (Å²) in [4.78, 5) is 12.2. The number of fused-ring (bicyclic) bond motifs is 1. The van der Waals surface area contributed by atoms with Gasteiger partial charge in [0.25, 0.3) is 0 Å². The van der Waals surface area contributed by atoms with Gasteiger partial charge < -0.3 is 4.90 Å². The molecule has 0 radical (unpaired) electrons. The fourth-order valence-corrected chi connectivity index (χ4v) is 2.77. The molecule has 104 valence electrons. The van der Waals surface area contributed by atoms with Crippen LogP contribution in [-0.2, 0) is 11.2 Å². The van der Waals surface area contributed by atoms with Gasteiger partial charge in [-0.05, 0) is 35.6 Å². The molecule has 0 aromatic heterocycles. The summed E-state index contributed by atoms with van der Waals surface area (Å²) in [7, 11) is 0. The van der Waals surface area contributed by atoms with Gasteiger partial charge in [-0.1, -0.05) is 28.9 Å². The molecule has 0 bridgehead atoms. The molecule has 1 aromatic carbocycles. The van der Waals surface area contributed by atoms with Gasteiger partial charge in [0.2, 0.25) is 0 Å². The van der Waals surface area contributed by atoms with E-state index in [1.54, 1.807) is 0 Å². The van der Waals surface area contributed by atoms with Gasteiger partial charge in [0, 0.05) is 17.6 Å². The number of rotatable bonds is 0. The summed E-state index contributed by atoms with van der Waals surface area (Å²) in [5.74, 6) is -1.85. The highest BCUT2D eigenvalue weighted by Gasteiger charge is 2.43. The van der Waals surface area contributed by atoms with Crippen molar-refractivity contribution in [2.75, 3.05) is 13.1 Å². The normalized spacial score (nSPS) is 19.8. The number of amides is 1. The molecule has 0 saturated heterocycles. The lowest BCUT2D eigenvalue weighted by Crippen LogP contribution is -2.42. The second kappa shape index (κ2) is 5.15. The molecule has 1 unspecified atom stereocenters. The SMILES string of the molecule is CC1CN(C(=O)C(F)(F)F)CCc2ccc(Br)cc21. The first-order valence-corrected chi connectivity index (χ1v) is 6.72. The molecule has 1 heterocycles. The Balaban J connectivity index is 2.25. The number of nitrogens with zero attached hydrogens (tertiary/aromatic N) is 1. The van der Waals surface area contributed by atoms with E-state index in [9.17, 15) is 18.0 Å². The van der Waals surface area contributed by atoms with Crippen LogP contribution in [0.2, 0.25) is 0 Å². The molecule has 2 nitrogen and oxygen atoms in total. The second-order valence-electron chi connectivity index (χ2n) is 4.74. The number of hydrogen-bond acceptors (Lipinski definition) is 1. The molecule has 0 spiro atoms. The minimum absolute atomic E-state index is 0.0990. The van der Waals surface area contributed by atoms with E-state index in [0.717, 1.165) is 20.5 Å². The number of carbonyl (C=O) groups excluding carboxylic acids is 1. The van der Waals surface area contributed by atoms with E-state index in [-0.39, 0.29) is 19.0 Å². The summed E-state index contributed by atoms with van der Waals surface area (Å²) < 4.78 is 38.4. The quantitative estimate of drug-likeness (QED) is 0.710. The maximum absolute atomic E-state index is 12.5. The van der Waals surface area contributed by atoms with Crippen LogP contribution in [0.5, 0.6) is 0 Å². The maximum Gasteiger partial charge on any atom is 0.471 e. The van der Waals surface area contributed by atoms with E-state index >= 15 is 0 Å². The summed E-state index contributed by atoms with van der Waals surface area (Å²) in [5.41, 5.74) is 2.01. The molecule has 1 amide bonds. The molecule has 1 aromatic rings. The van der Waals surface area contributed by atoms with Crippen molar-refractivity contribution in [3.8, 4) is 0 Å². The van der Waals surface area contributed by atoms with E-state index in [1.165, 1.54) is 0 Å². The van der Waals surface area contributed by atoms with E-state index < -0.39 is 12.1 Å². The minimum Gasteiger partial charge on any atom is -0.334 e. The Kier molecular flexibility index (Phi) is 3.90. The molecule has 0 fully saturated rings. The fourth-order valence-electron chi connectivity index (χ4n) is 2.39. The summed E-state index contributed by atoms with van der Waals surface area (Å²) in [6.45, 7) is 2.05. The number of benzene rings is 1. The number of carbonyl (C=O) groups is 1. The number of hydrogen-bond donors (Lipinski definition) is 0. The predicted molar refractivity (Wildman–Crippen MR) is 68.9 cm³/mol. The summed E-state index contributed by atoms with van der Waals surface area (Å²) >= 11 is 3.36. The van der Waals surface area contributed by atoms with Crippen LogP contribution < -0.4 is 0 Å². The van der Waals surface area contributed by atoms with E-state index in [4.69, 9.17) is 0 Å². The lowest BCUT2D eigenvalue weighted by molar-refractivity contribution is -0.185. The van der Waals surface area contributed by atoms with Crippen molar-refractivity contribution in [2.24, 2.45) is 0 Å². The van der Waals surface area contributed by atoms with Crippen molar-refractivity contribution in [3.63, 3.8) is 0 Å². The smallest absolute Gasteiger partial charge is 0.334 e. The predicted octanol–water partition coefficient (Wildman–Crippen LogP) is 3.50. The van der Waals surface area contributed by atoms with E-state index in [2.05, 4.69) is 15.9 Å². The van der Waals surface area contributed by atoms with Crippen LogP contribution in [0.3, 0.4) is 0 Å². The zero-order chi connectivity index (χ0) is 14.2. The zero-order valence-corrected chi connectivity index (χ0v) is 11.9. The van der Waals surface area contributed by atoms with Crippen molar-refractivity contribution in [1.82, 2.24) is 4.90 Å². The van der Waals surface area contributed by atoms with Crippen molar-refractivity contribution in [3.05, 3.63) is 33.8 Å². The van der Waals surface area contributed by atoms with Crippen LogP contribution in [0, 0.1) is 0 Å². The molecule has 1 atom stereocenters. The largest absolute Gasteiger partial charge is 0.471 e. The van der Waals surface area contributed by atoms with Gasteiger partial charge in [-0.15, -0.1) is 0 Å². The zero-order valence-electron chi connectivity index (χ0n) is 10.3. The molecule has 0 saturated carbocycles. The first kappa shape index (κ1) is 14.4. The molecule has 0 aliphatic carbocycles. The average molecular weight is 336 g/mol. The first-order chi connectivity index (χ1) is 8.79. The van der Waals surface area contributed by atoms with Crippen molar-refractivity contribution in [2.45, 2.75) is 25.4 Å². The van der Waals surface area contributed by atoms with Gasteiger partial charge in [-0.2, -0.15) is 13.2 Å².